The van der Waals surface area contributed by atoms with Crippen molar-refractivity contribution in [1.29, 1.82) is 0 Å². The zero-order chi connectivity index (χ0) is 19.8. The van der Waals surface area contributed by atoms with Gasteiger partial charge in [-0.1, -0.05) is 97.1 Å². The number of nitrogens with zero attached hydrogens (tertiary/aromatic N) is 1. The molecular weight excluding hydrogens is 362 g/mol. The fourth-order valence-electron chi connectivity index (χ4n) is 4.11. The van der Waals surface area contributed by atoms with Crippen molar-refractivity contribution < 1.29 is 14.3 Å². The zero-order valence-corrected chi connectivity index (χ0v) is 15.7. The van der Waals surface area contributed by atoms with E-state index in [1.165, 1.54) is 4.90 Å². The van der Waals surface area contributed by atoms with Gasteiger partial charge in [0.2, 0.25) is 0 Å². The average Bonchev–Trinajstić information content (AvgIpc) is 3.44. The minimum atomic E-state index is -0.945. The van der Waals surface area contributed by atoms with Crippen LogP contribution in [0.3, 0.4) is 0 Å². The molecule has 0 aromatic heterocycles. The Kier molecular flexibility index (Phi) is 4.06. The Hall–Kier alpha value is -3.66. The van der Waals surface area contributed by atoms with Crippen LogP contribution in [0.15, 0.2) is 97.1 Å². The van der Waals surface area contributed by atoms with Gasteiger partial charge in [0.25, 0.3) is 5.91 Å². The second kappa shape index (κ2) is 6.74. The molecule has 0 saturated carbocycles. The highest BCUT2D eigenvalue weighted by Crippen LogP contribution is 2.55. The molecule has 29 heavy (non-hydrogen) atoms. The summed E-state index contributed by atoms with van der Waals surface area (Å²) in [6.07, 6.45) is 1.36. The molecule has 1 fully saturated rings. The van der Waals surface area contributed by atoms with Crippen LogP contribution in [0.5, 0.6) is 0 Å². The lowest BCUT2D eigenvalue weighted by Crippen LogP contribution is -2.42. The van der Waals surface area contributed by atoms with Crippen molar-refractivity contribution in [3.05, 3.63) is 114 Å². The molecule has 0 spiro atoms. The van der Waals surface area contributed by atoms with E-state index in [0.717, 1.165) is 22.3 Å². The Labute approximate surface area is 169 Å². The maximum absolute atomic E-state index is 13.9. The van der Waals surface area contributed by atoms with Crippen LogP contribution in [0.25, 0.3) is 5.57 Å². The number of carbonyl (C=O) groups excluding carboxylic acids is 2. The Morgan fingerprint density at radius 1 is 0.862 bits per heavy atom. The number of cyclic esters (lactones) is 1. The predicted molar refractivity (Wildman–Crippen MR) is 110 cm³/mol. The number of hydrogen-bond donors (Lipinski definition) is 0. The number of benzene rings is 3. The first-order valence-corrected chi connectivity index (χ1v) is 9.61. The van der Waals surface area contributed by atoms with E-state index in [2.05, 4.69) is 0 Å². The molecule has 1 heterocycles. The standard InChI is InChI=1S/C25H19NO3/c27-23(26-22(17-29-24(26)28)19-12-6-2-7-13-19)25(20-14-8-3-9-15-20)16-21(25)18-10-4-1-5-11-18/h1-16,22H,17H2/t22-,25+/m1/s1. The molecular formula is C25H19NO3. The zero-order valence-electron chi connectivity index (χ0n) is 15.7. The van der Waals surface area contributed by atoms with Crippen LogP contribution >= 0.6 is 0 Å². The summed E-state index contributed by atoms with van der Waals surface area (Å²) in [6.45, 7) is 0.167. The number of amides is 2. The van der Waals surface area contributed by atoms with Crippen molar-refractivity contribution in [3.8, 4) is 0 Å². The molecule has 2 amide bonds. The van der Waals surface area contributed by atoms with E-state index in [1.807, 2.05) is 97.1 Å². The van der Waals surface area contributed by atoms with Gasteiger partial charge in [0.05, 0.1) is 0 Å². The summed E-state index contributed by atoms with van der Waals surface area (Å²) in [6, 6.07) is 28.6. The summed E-state index contributed by atoms with van der Waals surface area (Å²) in [5.41, 5.74) is 2.69. The smallest absolute Gasteiger partial charge is 0.417 e. The summed E-state index contributed by atoms with van der Waals surface area (Å²) in [5, 5.41) is 0. The second-order valence-electron chi connectivity index (χ2n) is 7.28. The highest BCUT2D eigenvalue weighted by molar-refractivity contribution is 6.17. The van der Waals surface area contributed by atoms with Gasteiger partial charge < -0.3 is 4.74 Å². The van der Waals surface area contributed by atoms with Gasteiger partial charge in [-0.15, -0.1) is 0 Å². The molecule has 0 radical (unpaired) electrons. The lowest BCUT2D eigenvalue weighted by atomic mass is 9.86. The monoisotopic (exact) mass is 381 g/mol. The van der Waals surface area contributed by atoms with Crippen molar-refractivity contribution in [3.63, 3.8) is 0 Å². The molecule has 3 aromatic carbocycles. The third-order valence-electron chi connectivity index (χ3n) is 5.63. The summed E-state index contributed by atoms with van der Waals surface area (Å²) < 4.78 is 5.30. The molecule has 1 saturated heterocycles. The quantitative estimate of drug-likeness (QED) is 0.656. The highest BCUT2D eigenvalue weighted by atomic mass is 16.6. The van der Waals surface area contributed by atoms with E-state index in [0.29, 0.717) is 0 Å². The Morgan fingerprint density at radius 2 is 1.45 bits per heavy atom. The Balaban J connectivity index is 1.57. The largest absolute Gasteiger partial charge is 0.446 e. The van der Waals surface area contributed by atoms with Gasteiger partial charge in [0.1, 0.15) is 18.1 Å². The minimum Gasteiger partial charge on any atom is -0.446 e. The third-order valence-corrected chi connectivity index (χ3v) is 5.63. The van der Waals surface area contributed by atoms with Crippen LogP contribution in [0.1, 0.15) is 22.7 Å². The van der Waals surface area contributed by atoms with Crippen molar-refractivity contribution >= 4 is 17.6 Å². The van der Waals surface area contributed by atoms with Crippen LogP contribution in [-0.2, 0) is 14.9 Å². The molecule has 1 aliphatic heterocycles. The first-order chi connectivity index (χ1) is 14.2. The Morgan fingerprint density at radius 3 is 2.10 bits per heavy atom. The van der Waals surface area contributed by atoms with Gasteiger partial charge in [0, 0.05) is 0 Å². The second-order valence-corrected chi connectivity index (χ2v) is 7.28. The number of hydrogen-bond acceptors (Lipinski definition) is 3. The minimum absolute atomic E-state index is 0.167. The summed E-state index contributed by atoms with van der Waals surface area (Å²) >= 11 is 0. The molecule has 4 nitrogen and oxygen atoms in total. The van der Waals surface area contributed by atoms with Gasteiger partial charge in [-0.2, -0.15) is 0 Å². The molecule has 0 N–H and O–H groups in total. The lowest BCUT2D eigenvalue weighted by Gasteiger charge is -2.27. The van der Waals surface area contributed by atoms with E-state index >= 15 is 0 Å². The first kappa shape index (κ1) is 17.4. The van der Waals surface area contributed by atoms with Gasteiger partial charge in [-0.05, 0) is 22.3 Å². The maximum atomic E-state index is 13.9. The summed E-state index contributed by atoms with van der Waals surface area (Å²) in [4.78, 5) is 27.8. The summed E-state index contributed by atoms with van der Waals surface area (Å²) in [7, 11) is 0. The Bertz CT molecular complexity index is 1090. The maximum Gasteiger partial charge on any atom is 0.417 e. The van der Waals surface area contributed by atoms with Gasteiger partial charge in [-0.3, -0.25) is 4.79 Å². The topological polar surface area (TPSA) is 46.6 Å². The van der Waals surface area contributed by atoms with Crippen molar-refractivity contribution in [2.45, 2.75) is 11.5 Å². The van der Waals surface area contributed by atoms with Crippen LogP contribution < -0.4 is 0 Å². The molecule has 0 bridgehead atoms. The van der Waals surface area contributed by atoms with Crippen LogP contribution in [0, 0.1) is 0 Å². The predicted octanol–water partition coefficient (Wildman–Crippen LogP) is 4.74. The number of ether oxygens (including phenoxy) is 1. The molecule has 0 unspecified atom stereocenters. The van der Waals surface area contributed by atoms with Crippen molar-refractivity contribution in [2.24, 2.45) is 0 Å². The summed E-state index contributed by atoms with van der Waals surface area (Å²) in [5.74, 6) is -0.265. The lowest BCUT2D eigenvalue weighted by molar-refractivity contribution is -0.131. The fraction of sp³-hybridized carbons (Fsp3) is 0.120. The first-order valence-electron chi connectivity index (χ1n) is 9.61. The fourth-order valence-corrected chi connectivity index (χ4v) is 4.11. The van der Waals surface area contributed by atoms with E-state index < -0.39 is 17.6 Å². The van der Waals surface area contributed by atoms with Crippen LogP contribution in [0.2, 0.25) is 0 Å². The average molecular weight is 381 g/mol. The van der Waals surface area contributed by atoms with Gasteiger partial charge >= 0.3 is 6.09 Å². The molecule has 5 rings (SSSR count). The van der Waals surface area contributed by atoms with E-state index in [9.17, 15) is 9.59 Å². The number of rotatable bonds is 4. The van der Waals surface area contributed by atoms with Gasteiger partial charge in [-0.25, -0.2) is 9.69 Å². The van der Waals surface area contributed by atoms with Crippen molar-refractivity contribution in [1.82, 2.24) is 4.90 Å². The van der Waals surface area contributed by atoms with Gasteiger partial charge in [0.15, 0.2) is 0 Å². The normalized spacial score (nSPS) is 22.8. The van der Waals surface area contributed by atoms with E-state index in [4.69, 9.17) is 4.74 Å². The number of imide groups is 1. The molecule has 4 heteroatoms. The third kappa shape index (κ3) is 2.76. The molecule has 1 aliphatic carbocycles. The molecule has 142 valence electrons. The van der Waals surface area contributed by atoms with E-state index in [-0.39, 0.29) is 12.5 Å². The van der Waals surface area contributed by atoms with Crippen LogP contribution in [-0.4, -0.2) is 23.5 Å². The molecule has 2 atom stereocenters. The molecule has 2 aliphatic rings. The van der Waals surface area contributed by atoms with Crippen LogP contribution in [0.4, 0.5) is 4.79 Å². The molecule has 3 aromatic rings. The number of carbonyl (C=O) groups is 2. The van der Waals surface area contributed by atoms with E-state index in [1.54, 1.807) is 0 Å². The SMILES string of the molecule is O=C1OC[C@H](c2ccccc2)N1C(=O)[C@]1(c2ccccc2)C=C1c1ccccc1. The van der Waals surface area contributed by atoms with Crippen molar-refractivity contribution in [2.75, 3.05) is 6.61 Å². The highest BCUT2D eigenvalue weighted by Gasteiger charge is 2.58.